The van der Waals surface area contributed by atoms with Gasteiger partial charge in [-0.15, -0.1) is 0 Å². The molecule has 1 saturated carbocycles. The van der Waals surface area contributed by atoms with Crippen LogP contribution in [0.15, 0.2) is 24.3 Å². The van der Waals surface area contributed by atoms with Crippen LogP contribution in [0.2, 0.25) is 0 Å². The summed E-state index contributed by atoms with van der Waals surface area (Å²) in [6.45, 7) is 2.04. The third-order valence-electron chi connectivity index (χ3n) is 3.08. The highest BCUT2D eigenvalue weighted by Crippen LogP contribution is 2.34. The lowest BCUT2D eigenvalue weighted by Gasteiger charge is -2.13. The minimum Gasteiger partial charge on any atom is -0.373 e. The average molecular weight is 218 g/mol. The number of rotatable bonds is 5. The molecule has 0 radical (unpaired) electrons. The maximum absolute atomic E-state index is 12.0. The summed E-state index contributed by atoms with van der Waals surface area (Å²) >= 11 is 0. The summed E-state index contributed by atoms with van der Waals surface area (Å²) < 4.78 is 5.29. The molecule has 2 heteroatoms. The maximum Gasteiger partial charge on any atom is 0.166 e. The summed E-state index contributed by atoms with van der Waals surface area (Å²) in [6, 6.07) is 8.11. The Labute approximate surface area is 96.6 Å². The van der Waals surface area contributed by atoms with Crippen molar-refractivity contribution in [2.24, 2.45) is 5.92 Å². The number of carbonyl (C=O) groups excluding carboxylic acids is 1. The van der Waals surface area contributed by atoms with Gasteiger partial charge in [-0.3, -0.25) is 4.79 Å². The predicted octanol–water partition coefficient (Wildman–Crippen LogP) is 2.53. The summed E-state index contributed by atoms with van der Waals surface area (Å²) in [5.41, 5.74) is 2.29. The second-order valence-electron chi connectivity index (χ2n) is 4.63. The van der Waals surface area contributed by atoms with Gasteiger partial charge in [0.2, 0.25) is 0 Å². The number of ether oxygens (including phenoxy) is 1. The van der Waals surface area contributed by atoms with Crippen molar-refractivity contribution < 1.29 is 9.53 Å². The van der Waals surface area contributed by atoms with Crippen molar-refractivity contribution in [3.8, 4) is 0 Å². The zero-order valence-electron chi connectivity index (χ0n) is 9.90. The number of hydrogen-bond donors (Lipinski definition) is 0. The highest BCUT2D eigenvalue weighted by Gasteiger charge is 2.35. The predicted molar refractivity (Wildman–Crippen MR) is 63.4 cm³/mol. The first-order chi connectivity index (χ1) is 7.70. The van der Waals surface area contributed by atoms with E-state index in [4.69, 9.17) is 4.74 Å². The monoisotopic (exact) mass is 218 g/mol. The fraction of sp³-hybridized carbons (Fsp3) is 0.500. The molecular formula is C14H18O2. The number of Topliss-reactive ketones (excluding diaryl/α,β-unsaturated/α-hetero) is 1. The fourth-order valence-electron chi connectivity index (χ4n) is 2.11. The number of aryl methyl sites for hydroxylation is 1. The fourth-order valence-corrected chi connectivity index (χ4v) is 2.11. The highest BCUT2D eigenvalue weighted by atomic mass is 16.5. The summed E-state index contributed by atoms with van der Waals surface area (Å²) in [7, 11) is 1.64. The number of hydrogen-bond acceptors (Lipinski definition) is 2. The molecule has 86 valence electrons. The third kappa shape index (κ3) is 2.70. The van der Waals surface area contributed by atoms with Crippen LogP contribution in [0.3, 0.4) is 0 Å². The average Bonchev–Trinajstić information content (AvgIpc) is 3.03. The highest BCUT2D eigenvalue weighted by molar-refractivity contribution is 5.85. The Morgan fingerprint density at radius 1 is 1.50 bits per heavy atom. The van der Waals surface area contributed by atoms with Crippen molar-refractivity contribution >= 4 is 5.78 Å². The van der Waals surface area contributed by atoms with E-state index < -0.39 is 0 Å². The molecular weight excluding hydrogens is 200 g/mol. The van der Waals surface area contributed by atoms with Gasteiger partial charge in [0, 0.05) is 13.5 Å². The van der Waals surface area contributed by atoms with Crippen molar-refractivity contribution in [2.45, 2.75) is 32.3 Å². The molecule has 1 atom stereocenters. The normalized spacial score (nSPS) is 17.1. The first kappa shape index (κ1) is 11.3. The van der Waals surface area contributed by atoms with Crippen LogP contribution < -0.4 is 0 Å². The molecule has 16 heavy (non-hydrogen) atoms. The lowest BCUT2D eigenvalue weighted by molar-refractivity contribution is -0.129. The van der Waals surface area contributed by atoms with Crippen molar-refractivity contribution in [2.75, 3.05) is 7.11 Å². The van der Waals surface area contributed by atoms with E-state index in [9.17, 15) is 4.79 Å². The van der Waals surface area contributed by atoms with Crippen LogP contribution in [0.4, 0.5) is 0 Å². The first-order valence-electron chi connectivity index (χ1n) is 5.82. The van der Waals surface area contributed by atoms with Gasteiger partial charge in [-0.1, -0.05) is 29.8 Å². The Morgan fingerprint density at radius 2 is 2.25 bits per heavy atom. The van der Waals surface area contributed by atoms with Crippen molar-refractivity contribution in [3.05, 3.63) is 35.4 Å². The Hall–Kier alpha value is -1.15. The minimum atomic E-state index is -0.180. The molecule has 0 N–H and O–H groups in total. The molecule has 1 unspecified atom stereocenters. The standard InChI is InChI=1S/C14H18O2/c1-10-4-3-5-11(8-10)9-13(15)14(16-2)12-6-7-12/h3-5,8,12,14H,6-7,9H2,1-2H3. The van der Waals surface area contributed by atoms with Crippen LogP contribution in [0, 0.1) is 12.8 Å². The van der Waals surface area contributed by atoms with Gasteiger partial charge in [0.25, 0.3) is 0 Å². The number of carbonyl (C=O) groups is 1. The van der Waals surface area contributed by atoms with Crippen LogP contribution in [0.25, 0.3) is 0 Å². The third-order valence-corrected chi connectivity index (χ3v) is 3.08. The number of methoxy groups -OCH3 is 1. The van der Waals surface area contributed by atoms with E-state index >= 15 is 0 Å². The second-order valence-corrected chi connectivity index (χ2v) is 4.63. The van der Waals surface area contributed by atoms with Gasteiger partial charge < -0.3 is 4.74 Å². The number of benzene rings is 1. The van der Waals surface area contributed by atoms with Gasteiger partial charge in [0.1, 0.15) is 6.10 Å². The Bertz CT molecular complexity index is 380. The molecule has 2 rings (SSSR count). The van der Waals surface area contributed by atoms with Gasteiger partial charge in [-0.2, -0.15) is 0 Å². The zero-order valence-corrected chi connectivity index (χ0v) is 9.90. The van der Waals surface area contributed by atoms with Crippen LogP contribution in [-0.4, -0.2) is 19.0 Å². The summed E-state index contributed by atoms with van der Waals surface area (Å²) in [6.07, 6.45) is 2.59. The van der Waals surface area contributed by atoms with Crippen LogP contribution in [-0.2, 0) is 16.0 Å². The summed E-state index contributed by atoms with van der Waals surface area (Å²) in [5, 5.41) is 0. The van der Waals surface area contributed by atoms with Crippen molar-refractivity contribution in [1.29, 1.82) is 0 Å². The van der Waals surface area contributed by atoms with Crippen LogP contribution in [0.1, 0.15) is 24.0 Å². The lowest BCUT2D eigenvalue weighted by Crippen LogP contribution is -2.26. The topological polar surface area (TPSA) is 26.3 Å². The second kappa shape index (κ2) is 4.79. The van der Waals surface area contributed by atoms with Gasteiger partial charge >= 0.3 is 0 Å². The molecule has 0 amide bonds. The Kier molecular flexibility index (Phi) is 3.39. The molecule has 1 aromatic rings. The largest absolute Gasteiger partial charge is 0.373 e. The minimum absolute atomic E-state index is 0.180. The van der Waals surface area contributed by atoms with E-state index in [1.165, 1.54) is 5.56 Å². The van der Waals surface area contributed by atoms with Crippen LogP contribution in [0.5, 0.6) is 0 Å². The SMILES string of the molecule is COC(C(=O)Cc1cccc(C)c1)C1CC1. The molecule has 1 aromatic carbocycles. The molecule has 0 saturated heterocycles. The maximum atomic E-state index is 12.0. The van der Waals surface area contributed by atoms with E-state index in [1.807, 2.05) is 25.1 Å². The lowest BCUT2D eigenvalue weighted by atomic mass is 10.0. The molecule has 0 spiro atoms. The van der Waals surface area contributed by atoms with Crippen molar-refractivity contribution in [1.82, 2.24) is 0 Å². The van der Waals surface area contributed by atoms with Gasteiger partial charge in [0.15, 0.2) is 5.78 Å². The van der Waals surface area contributed by atoms with E-state index in [0.29, 0.717) is 12.3 Å². The van der Waals surface area contributed by atoms with Gasteiger partial charge in [0.05, 0.1) is 0 Å². The van der Waals surface area contributed by atoms with Crippen LogP contribution >= 0.6 is 0 Å². The summed E-state index contributed by atoms with van der Waals surface area (Å²) in [4.78, 5) is 12.0. The number of ketones is 1. The van der Waals surface area contributed by atoms with Crippen molar-refractivity contribution in [3.63, 3.8) is 0 Å². The van der Waals surface area contributed by atoms with Gasteiger partial charge in [-0.05, 0) is 31.2 Å². The Balaban J connectivity index is 2.00. The quantitative estimate of drug-likeness (QED) is 0.759. The zero-order chi connectivity index (χ0) is 11.5. The smallest absolute Gasteiger partial charge is 0.166 e. The molecule has 0 aromatic heterocycles. The molecule has 2 nitrogen and oxygen atoms in total. The summed E-state index contributed by atoms with van der Waals surface area (Å²) in [5.74, 6) is 0.693. The molecule has 0 bridgehead atoms. The molecule has 0 heterocycles. The van der Waals surface area contributed by atoms with E-state index in [0.717, 1.165) is 18.4 Å². The molecule has 1 fully saturated rings. The molecule has 0 aliphatic heterocycles. The van der Waals surface area contributed by atoms with E-state index in [2.05, 4.69) is 6.07 Å². The van der Waals surface area contributed by atoms with Gasteiger partial charge in [-0.25, -0.2) is 0 Å². The molecule has 1 aliphatic rings. The molecule has 1 aliphatic carbocycles. The van der Waals surface area contributed by atoms with E-state index in [-0.39, 0.29) is 11.9 Å². The first-order valence-corrected chi connectivity index (χ1v) is 5.82. The Morgan fingerprint density at radius 3 is 2.81 bits per heavy atom. The van der Waals surface area contributed by atoms with E-state index in [1.54, 1.807) is 7.11 Å².